The molecule has 1 fully saturated rings. The van der Waals surface area contributed by atoms with E-state index in [0.29, 0.717) is 6.42 Å². The number of unbranched alkanes of at least 4 members (excludes halogenated alkanes) is 1. The highest BCUT2D eigenvalue weighted by atomic mass is 16.6. The third kappa shape index (κ3) is 5.24. The van der Waals surface area contributed by atoms with Crippen LogP contribution in [-0.2, 0) is 23.7 Å². The van der Waals surface area contributed by atoms with Gasteiger partial charge in [-0.15, -0.1) is 0 Å². The SMILES string of the molecule is CCCCC(N=C=O)B1OC(=O)CN(C)CC(=O)O1. The first-order valence-electron chi connectivity index (χ1n) is 6.21. The van der Waals surface area contributed by atoms with Crippen LogP contribution >= 0.6 is 0 Å². The van der Waals surface area contributed by atoms with Gasteiger partial charge in [0.25, 0.3) is 0 Å². The molecule has 0 aliphatic carbocycles. The maximum absolute atomic E-state index is 11.6. The predicted molar refractivity (Wildman–Crippen MR) is 66.9 cm³/mol. The Kier molecular flexibility index (Phi) is 6.25. The van der Waals surface area contributed by atoms with E-state index in [9.17, 15) is 14.4 Å². The molecule has 104 valence electrons. The summed E-state index contributed by atoms with van der Waals surface area (Å²) in [7, 11) is 0.475. The van der Waals surface area contributed by atoms with Gasteiger partial charge in [-0.05, 0) is 13.5 Å². The molecule has 1 aliphatic heterocycles. The van der Waals surface area contributed by atoms with E-state index in [1.54, 1.807) is 7.05 Å². The first kappa shape index (κ1) is 15.4. The Morgan fingerprint density at radius 1 is 1.37 bits per heavy atom. The van der Waals surface area contributed by atoms with Gasteiger partial charge in [0, 0.05) is 0 Å². The van der Waals surface area contributed by atoms with Crippen molar-refractivity contribution in [3.8, 4) is 0 Å². The van der Waals surface area contributed by atoms with E-state index < -0.39 is 25.0 Å². The van der Waals surface area contributed by atoms with Crippen LogP contribution in [0.15, 0.2) is 4.99 Å². The van der Waals surface area contributed by atoms with Crippen molar-refractivity contribution in [2.24, 2.45) is 4.99 Å². The van der Waals surface area contributed by atoms with Gasteiger partial charge in [0.2, 0.25) is 6.08 Å². The lowest BCUT2D eigenvalue weighted by molar-refractivity contribution is -0.145. The molecule has 1 rings (SSSR count). The maximum Gasteiger partial charge on any atom is 0.626 e. The number of hydrogen-bond donors (Lipinski definition) is 0. The summed E-state index contributed by atoms with van der Waals surface area (Å²) >= 11 is 0. The molecule has 1 atom stereocenters. The molecular formula is C11H17BN2O5. The number of likely N-dealkylation sites (N-methyl/N-ethyl adjacent to an activating group) is 1. The molecule has 1 heterocycles. The fourth-order valence-corrected chi connectivity index (χ4v) is 1.75. The quantitative estimate of drug-likeness (QED) is 0.394. The van der Waals surface area contributed by atoms with E-state index >= 15 is 0 Å². The average Bonchev–Trinajstić information content (AvgIpc) is 2.31. The molecule has 19 heavy (non-hydrogen) atoms. The van der Waals surface area contributed by atoms with Gasteiger partial charge in [-0.1, -0.05) is 19.8 Å². The first-order valence-corrected chi connectivity index (χ1v) is 6.21. The zero-order chi connectivity index (χ0) is 14.3. The number of carbonyl (C=O) groups is 2. The Bertz CT molecular complexity index is 363. The van der Waals surface area contributed by atoms with Crippen molar-refractivity contribution in [2.75, 3.05) is 20.1 Å². The van der Waals surface area contributed by atoms with Gasteiger partial charge >= 0.3 is 19.1 Å². The third-order valence-corrected chi connectivity index (χ3v) is 2.68. The molecule has 0 bridgehead atoms. The zero-order valence-electron chi connectivity index (χ0n) is 11.1. The Labute approximate surface area is 112 Å². The van der Waals surface area contributed by atoms with Crippen LogP contribution in [0.3, 0.4) is 0 Å². The van der Waals surface area contributed by atoms with Gasteiger partial charge in [0.05, 0.1) is 13.1 Å². The van der Waals surface area contributed by atoms with Crippen LogP contribution in [0.25, 0.3) is 0 Å². The van der Waals surface area contributed by atoms with E-state index in [-0.39, 0.29) is 13.1 Å². The van der Waals surface area contributed by atoms with Crippen molar-refractivity contribution in [1.29, 1.82) is 0 Å². The molecule has 0 N–H and O–H groups in total. The summed E-state index contributed by atoms with van der Waals surface area (Å²) in [4.78, 5) is 38.6. The highest BCUT2D eigenvalue weighted by Gasteiger charge is 2.39. The number of carbonyl (C=O) groups excluding carboxylic acids is 3. The Morgan fingerprint density at radius 3 is 2.42 bits per heavy atom. The van der Waals surface area contributed by atoms with E-state index in [1.807, 2.05) is 6.92 Å². The van der Waals surface area contributed by atoms with Gasteiger partial charge in [-0.3, -0.25) is 14.5 Å². The number of isocyanates is 1. The lowest BCUT2D eigenvalue weighted by atomic mass is 9.75. The van der Waals surface area contributed by atoms with E-state index in [0.717, 1.165) is 12.8 Å². The summed E-state index contributed by atoms with van der Waals surface area (Å²) in [5.41, 5.74) is 0. The van der Waals surface area contributed by atoms with E-state index in [1.165, 1.54) is 11.0 Å². The molecule has 0 spiro atoms. The molecule has 0 radical (unpaired) electrons. The average molecular weight is 268 g/mol. The van der Waals surface area contributed by atoms with Gasteiger partial charge < -0.3 is 9.31 Å². The van der Waals surface area contributed by atoms with Gasteiger partial charge in [-0.2, -0.15) is 0 Å². The second-order valence-corrected chi connectivity index (χ2v) is 4.45. The second kappa shape index (κ2) is 7.71. The Hall–Kier alpha value is -1.66. The van der Waals surface area contributed by atoms with Crippen molar-refractivity contribution >= 4 is 25.1 Å². The van der Waals surface area contributed by atoms with Crippen LogP contribution in [-0.4, -0.2) is 56.1 Å². The van der Waals surface area contributed by atoms with Gasteiger partial charge in [0.1, 0.15) is 5.94 Å². The molecular weight excluding hydrogens is 251 g/mol. The third-order valence-electron chi connectivity index (χ3n) is 2.68. The fraction of sp³-hybridized carbons (Fsp3) is 0.727. The molecule has 0 aromatic carbocycles. The van der Waals surface area contributed by atoms with E-state index in [2.05, 4.69) is 4.99 Å². The summed E-state index contributed by atoms with van der Waals surface area (Å²) in [6, 6.07) is 0. The number of nitrogens with zero attached hydrogens (tertiary/aromatic N) is 2. The topological polar surface area (TPSA) is 85.3 Å². The Morgan fingerprint density at radius 2 is 1.95 bits per heavy atom. The van der Waals surface area contributed by atoms with Gasteiger partial charge in [0.15, 0.2) is 0 Å². The summed E-state index contributed by atoms with van der Waals surface area (Å²) in [5.74, 6) is -1.71. The number of rotatable bonds is 5. The lowest BCUT2D eigenvalue weighted by Gasteiger charge is -2.24. The molecule has 8 heteroatoms. The second-order valence-electron chi connectivity index (χ2n) is 4.45. The number of aliphatic imine (C=N–C) groups is 1. The van der Waals surface area contributed by atoms with Crippen molar-refractivity contribution in [2.45, 2.75) is 32.1 Å². The first-order chi connectivity index (χ1) is 9.06. The minimum atomic E-state index is -1.14. The Balaban J connectivity index is 2.77. The van der Waals surface area contributed by atoms with Crippen LogP contribution in [0, 0.1) is 0 Å². The van der Waals surface area contributed by atoms with Crippen LogP contribution in [0.5, 0.6) is 0 Å². The largest absolute Gasteiger partial charge is 0.626 e. The molecule has 1 aliphatic rings. The van der Waals surface area contributed by atoms with Crippen molar-refractivity contribution < 1.29 is 23.7 Å². The van der Waals surface area contributed by atoms with Gasteiger partial charge in [-0.25, -0.2) is 9.79 Å². The highest BCUT2D eigenvalue weighted by Crippen LogP contribution is 2.12. The van der Waals surface area contributed by atoms with Crippen LogP contribution in [0.2, 0.25) is 0 Å². The molecule has 0 aromatic heterocycles. The fourth-order valence-electron chi connectivity index (χ4n) is 1.75. The molecule has 0 amide bonds. The molecule has 1 unspecified atom stereocenters. The van der Waals surface area contributed by atoms with Crippen molar-refractivity contribution in [1.82, 2.24) is 4.90 Å². The van der Waals surface area contributed by atoms with Crippen LogP contribution in [0.4, 0.5) is 0 Å². The predicted octanol–water partition coefficient (Wildman–Crippen LogP) is -0.0598. The number of hydrogen-bond acceptors (Lipinski definition) is 7. The molecule has 0 aromatic rings. The van der Waals surface area contributed by atoms with E-state index in [4.69, 9.17) is 9.31 Å². The normalized spacial score (nSPS) is 18.7. The highest BCUT2D eigenvalue weighted by molar-refractivity contribution is 6.51. The summed E-state index contributed by atoms with van der Waals surface area (Å²) in [6.45, 7) is 1.97. The van der Waals surface area contributed by atoms with Crippen molar-refractivity contribution in [3.05, 3.63) is 0 Å². The standard InChI is InChI=1S/C11H17BN2O5/c1-3-4-5-9(13-8-15)12-18-10(16)6-14(2)7-11(17)19-12/h9H,3-7H2,1-2H3. The maximum atomic E-state index is 11.6. The minimum Gasteiger partial charge on any atom is -0.497 e. The van der Waals surface area contributed by atoms with Crippen molar-refractivity contribution in [3.63, 3.8) is 0 Å². The van der Waals surface area contributed by atoms with Crippen LogP contribution in [0.1, 0.15) is 26.2 Å². The molecule has 0 saturated carbocycles. The lowest BCUT2D eigenvalue weighted by Crippen LogP contribution is -2.47. The van der Waals surface area contributed by atoms with Crippen LogP contribution < -0.4 is 0 Å². The molecule has 1 saturated heterocycles. The monoisotopic (exact) mass is 268 g/mol. The summed E-state index contributed by atoms with van der Waals surface area (Å²) < 4.78 is 10.1. The molecule has 7 nitrogen and oxygen atoms in total. The zero-order valence-corrected chi connectivity index (χ0v) is 11.1. The smallest absolute Gasteiger partial charge is 0.497 e. The minimum absolute atomic E-state index is 0.00307. The summed E-state index contributed by atoms with van der Waals surface area (Å²) in [5, 5.41) is 0. The summed E-state index contributed by atoms with van der Waals surface area (Å²) in [6.07, 6.45) is 3.59.